The molecule has 1 aromatic carbocycles. The molecular formula is C19H31NO6S. The number of hydrogen-bond donors (Lipinski definition) is 1. The van der Waals surface area contributed by atoms with Gasteiger partial charge in [-0.25, -0.2) is 0 Å². The Labute approximate surface area is 162 Å². The topological polar surface area (TPSA) is 90.9 Å². The minimum Gasteiger partial charge on any atom is -0.377 e. The predicted molar refractivity (Wildman–Crippen MR) is 103 cm³/mol. The van der Waals surface area contributed by atoms with Crippen molar-refractivity contribution in [2.24, 2.45) is 5.41 Å². The van der Waals surface area contributed by atoms with Crippen LogP contribution in [0.15, 0.2) is 29.2 Å². The number of carbonyl (C=O) groups is 1. The van der Waals surface area contributed by atoms with Crippen molar-refractivity contribution in [2.45, 2.75) is 45.6 Å². The molecule has 0 aromatic heterocycles. The fourth-order valence-corrected chi connectivity index (χ4v) is 2.75. The molecule has 0 aliphatic rings. The Hall–Kier alpha value is -1.48. The molecule has 7 nitrogen and oxygen atoms in total. The minimum atomic E-state index is -3.77. The molecule has 0 heterocycles. The molecule has 1 unspecified atom stereocenters. The summed E-state index contributed by atoms with van der Waals surface area (Å²) in [6, 6.07) is 6.47. The van der Waals surface area contributed by atoms with Crippen LogP contribution >= 0.6 is 0 Å². The zero-order valence-corrected chi connectivity index (χ0v) is 17.6. The lowest BCUT2D eigenvalue weighted by atomic mass is 9.88. The average Bonchev–Trinajstić information content (AvgIpc) is 2.56. The molecule has 0 spiro atoms. The van der Waals surface area contributed by atoms with Gasteiger partial charge in [0.25, 0.3) is 10.1 Å². The van der Waals surface area contributed by atoms with Gasteiger partial charge in [-0.05, 0) is 31.4 Å². The van der Waals surface area contributed by atoms with E-state index in [-0.39, 0.29) is 55.3 Å². The molecule has 0 aliphatic carbocycles. The van der Waals surface area contributed by atoms with Crippen LogP contribution in [0.4, 0.5) is 0 Å². The average molecular weight is 402 g/mol. The van der Waals surface area contributed by atoms with Gasteiger partial charge >= 0.3 is 0 Å². The highest BCUT2D eigenvalue weighted by Crippen LogP contribution is 2.18. The van der Waals surface area contributed by atoms with Crippen molar-refractivity contribution in [1.82, 2.24) is 5.32 Å². The Morgan fingerprint density at radius 3 is 2.19 bits per heavy atom. The Kier molecular flexibility index (Phi) is 9.38. The van der Waals surface area contributed by atoms with Crippen molar-refractivity contribution in [3.05, 3.63) is 29.8 Å². The largest absolute Gasteiger partial charge is 0.377 e. The zero-order valence-electron chi connectivity index (χ0n) is 16.8. The summed E-state index contributed by atoms with van der Waals surface area (Å²) in [5, 5.41) is 2.88. The van der Waals surface area contributed by atoms with Crippen LogP contribution in [0.2, 0.25) is 0 Å². The molecule has 1 rings (SSSR count). The standard InChI is InChI=1S/C19H31NO6S/c1-15-6-8-17(9-7-15)27(22,23)26-13-12-24-10-11-25-14-18(21)20-16(2)19(3,4)5/h6-9,16H,10-14H2,1-5H3,(H,20,21). The number of rotatable bonds is 11. The summed E-state index contributed by atoms with van der Waals surface area (Å²) in [5.41, 5.74) is 0.955. The molecular weight excluding hydrogens is 370 g/mol. The predicted octanol–water partition coefficient (Wildman–Crippen LogP) is 2.28. The molecule has 1 aromatic rings. The summed E-state index contributed by atoms with van der Waals surface area (Å²) < 4.78 is 39.3. The first-order valence-electron chi connectivity index (χ1n) is 8.93. The lowest BCUT2D eigenvalue weighted by molar-refractivity contribution is -0.127. The Bertz CT molecular complexity index is 679. The third-order valence-corrected chi connectivity index (χ3v) is 5.38. The van der Waals surface area contributed by atoms with E-state index in [1.807, 2.05) is 34.6 Å². The van der Waals surface area contributed by atoms with E-state index >= 15 is 0 Å². The van der Waals surface area contributed by atoms with E-state index in [4.69, 9.17) is 13.7 Å². The van der Waals surface area contributed by atoms with Crippen LogP contribution in [0.3, 0.4) is 0 Å². The quantitative estimate of drug-likeness (QED) is 0.452. The Morgan fingerprint density at radius 1 is 1.04 bits per heavy atom. The second-order valence-corrected chi connectivity index (χ2v) is 9.02. The lowest BCUT2D eigenvalue weighted by Crippen LogP contribution is -2.43. The molecule has 27 heavy (non-hydrogen) atoms. The van der Waals surface area contributed by atoms with Crippen LogP contribution in [0.25, 0.3) is 0 Å². The van der Waals surface area contributed by atoms with E-state index in [0.29, 0.717) is 0 Å². The molecule has 1 atom stereocenters. The molecule has 1 N–H and O–H groups in total. The molecule has 8 heteroatoms. The van der Waals surface area contributed by atoms with Gasteiger partial charge in [-0.15, -0.1) is 0 Å². The molecule has 0 saturated carbocycles. The van der Waals surface area contributed by atoms with Crippen molar-refractivity contribution in [1.29, 1.82) is 0 Å². The fraction of sp³-hybridized carbons (Fsp3) is 0.632. The number of hydrogen-bond acceptors (Lipinski definition) is 6. The lowest BCUT2D eigenvalue weighted by Gasteiger charge is -2.28. The van der Waals surface area contributed by atoms with Gasteiger partial charge in [0.05, 0.1) is 31.3 Å². The van der Waals surface area contributed by atoms with E-state index in [0.717, 1.165) is 5.56 Å². The van der Waals surface area contributed by atoms with Crippen LogP contribution in [-0.4, -0.2) is 53.4 Å². The number of amides is 1. The summed E-state index contributed by atoms with van der Waals surface area (Å²) in [7, 11) is -3.77. The van der Waals surface area contributed by atoms with Gasteiger partial charge in [0.15, 0.2) is 0 Å². The highest BCUT2D eigenvalue weighted by molar-refractivity contribution is 7.86. The van der Waals surface area contributed by atoms with E-state index in [9.17, 15) is 13.2 Å². The van der Waals surface area contributed by atoms with Crippen molar-refractivity contribution in [3.8, 4) is 0 Å². The maximum absolute atomic E-state index is 12.0. The van der Waals surface area contributed by atoms with Crippen LogP contribution in [-0.2, 0) is 28.6 Å². The molecule has 0 fully saturated rings. The van der Waals surface area contributed by atoms with E-state index < -0.39 is 10.1 Å². The number of ether oxygens (including phenoxy) is 2. The molecule has 0 radical (unpaired) electrons. The smallest absolute Gasteiger partial charge is 0.297 e. The fourth-order valence-electron chi connectivity index (χ4n) is 1.86. The second-order valence-electron chi connectivity index (χ2n) is 7.41. The van der Waals surface area contributed by atoms with Crippen LogP contribution in [0.1, 0.15) is 33.3 Å². The highest BCUT2D eigenvalue weighted by atomic mass is 32.2. The van der Waals surface area contributed by atoms with Gasteiger partial charge in [0.1, 0.15) is 6.61 Å². The van der Waals surface area contributed by atoms with Crippen LogP contribution < -0.4 is 5.32 Å². The Balaban J connectivity index is 2.12. The van der Waals surface area contributed by atoms with E-state index in [1.54, 1.807) is 12.1 Å². The van der Waals surface area contributed by atoms with Gasteiger partial charge in [-0.2, -0.15) is 8.42 Å². The van der Waals surface area contributed by atoms with Gasteiger partial charge < -0.3 is 14.8 Å². The summed E-state index contributed by atoms with van der Waals surface area (Å²) in [4.78, 5) is 11.9. The Morgan fingerprint density at radius 2 is 1.59 bits per heavy atom. The number of nitrogens with one attached hydrogen (secondary N) is 1. The zero-order chi connectivity index (χ0) is 20.5. The van der Waals surface area contributed by atoms with Crippen molar-refractivity contribution < 1.29 is 26.9 Å². The number of aryl methyl sites for hydroxylation is 1. The highest BCUT2D eigenvalue weighted by Gasteiger charge is 2.21. The van der Waals surface area contributed by atoms with E-state index in [2.05, 4.69) is 5.32 Å². The first-order valence-corrected chi connectivity index (χ1v) is 10.3. The molecule has 0 aliphatic heterocycles. The third kappa shape index (κ3) is 9.32. The van der Waals surface area contributed by atoms with Crippen LogP contribution in [0, 0.1) is 12.3 Å². The molecule has 1 amide bonds. The SMILES string of the molecule is Cc1ccc(S(=O)(=O)OCCOCCOCC(=O)NC(C)C(C)(C)C)cc1. The maximum atomic E-state index is 12.0. The molecule has 154 valence electrons. The monoisotopic (exact) mass is 401 g/mol. The minimum absolute atomic E-state index is 0.0162. The molecule has 0 bridgehead atoms. The number of benzene rings is 1. The summed E-state index contributed by atoms with van der Waals surface area (Å²) in [6.07, 6.45) is 0. The maximum Gasteiger partial charge on any atom is 0.297 e. The van der Waals surface area contributed by atoms with Crippen molar-refractivity contribution >= 4 is 16.0 Å². The van der Waals surface area contributed by atoms with Crippen molar-refractivity contribution in [2.75, 3.05) is 33.0 Å². The number of carbonyl (C=O) groups excluding carboxylic acids is 1. The third-order valence-electron chi connectivity index (χ3n) is 4.06. The first-order chi connectivity index (χ1) is 12.5. The summed E-state index contributed by atoms with van der Waals surface area (Å²) >= 11 is 0. The summed E-state index contributed by atoms with van der Waals surface area (Å²) in [5.74, 6) is -0.176. The first kappa shape index (κ1) is 23.6. The normalized spacial score (nSPS) is 13.4. The second kappa shape index (κ2) is 10.8. The van der Waals surface area contributed by atoms with Crippen LogP contribution in [0.5, 0.6) is 0 Å². The van der Waals surface area contributed by atoms with Gasteiger partial charge in [0, 0.05) is 6.04 Å². The molecule has 0 saturated heterocycles. The van der Waals surface area contributed by atoms with Gasteiger partial charge in [0.2, 0.25) is 5.91 Å². The van der Waals surface area contributed by atoms with Gasteiger partial charge in [-0.3, -0.25) is 8.98 Å². The summed E-state index contributed by atoms with van der Waals surface area (Å²) in [6.45, 7) is 10.4. The van der Waals surface area contributed by atoms with Crippen molar-refractivity contribution in [3.63, 3.8) is 0 Å². The van der Waals surface area contributed by atoms with E-state index in [1.165, 1.54) is 12.1 Å². The van der Waals surface area contributed by atoms with Gasteiger partial charge in [-0.1, -0.05) is 38.5 Å².